The van der Waals surface area contributed by atoms with Crippen molar-refractivity contribution in [2.24, 2.45) is 11.8 Å². The number of benzene rings is 1. The lowest BCUT2D eigenvalue weighted by molar-refractivity contribution is -0.138. The molecule has 126 valence electrons. The van der Waals surface area contributed by atoms with Crippen molar-refractivity contribution in [1.82, 2.24) is 9.80 Å². The van der Waals surface area contributed by atoms with Gasteiger partial charge in [-0.25, -0.2) is 4.39 Å². The number of halogens is 1. The second kappa shape index (κ2) is 7.43. The molecule has 0 bridgehead atoms. The van der Waals surface area contributed by atoms with Crippen LogP contribution < -0.4 is 0 Å². The average Bonchev–Trinajstić information content (AvgIpc) is 2.57. The van der Waals surface area contributed by atoms with Crippen molar-refractivity contribution in [2.45, 2.75) is 39.2 Å². The van der Waals surface area contributed by atoms with Gasteiger partial charge in [-0.05, 0) is 62.4 Å². The van der Waals surface area contributed by atoms with Gasteiger partial charge < -0.3 is 4.90 Å². The molecule has 23 heavy (non-hydrogen) atoms. The van der Waals surface area contributed by atoms with Crippen LogP contribution in [-0.4, -0.2) is 41.9 Å². The molecule has 0 spiro atoms. The molecule has 1 atom stereocenters. The van der Waals surface area contributed by atoms with Crippen molar-refractivity contribution >= 4 is 5.91 Å². The summed E-state index contributed by atoms with van der Waals surface area (Å²) in [5.41, 5.74) is 1.14. The molecule has 0 N–H and O–H groups in total. The third kappa shape index (κ3) is 4.31. The van der Waals surface area contributed by atoms with Gasteiger partial charge in [0.1, 0.15) is 5.82 Å². The minimum atomic E-state index is -0.186. The molecule has 4 heteroatoms. The van der Waals surface area contributed by atoms with Crippen LogP contribution in [-0.2, 0) is 11.3 Å². The minimum Gasteiger partial charge on any atom is -0.342 e. The normalized spacial score (nSPS) is 23.9. The van der Waals surface area contributed by atoms with E-state index in [2.05, 4.69) is 16.7 Å². The summed E-state index contributed by atoms with van der Waals surface area (Å²) in [7, 11) is 0. The van der Waals surface area contributed by atoms with E-state index in [-0.39, 0.29) is 11.7 Å². The summed E-state index contributed by atoms with van der Waals surface area (Å²) in [6.45, 7) is 6.88. The van der Waals surface area contributed by atoms with Gasteiger partial charge in [0.25, 0.3) is 0 Å². The molecule has 2 fully saturated rings. The maximum atomic E-state index is 13.0. The zero-order chi connectivity index (χ0) is 16.2. The van der Waals surface area contributed by atoms with E-state index >= 15 is 0 Å². The Morgan fingerprint density at radius 2 is 1.83 bits per heavy atom. The van der Waals surface area contributed by atoms with Crippen LogP contribution in [0.5, 0.6) is 0 Å². The predicted molar refractivity (Wildman–Crippen MR) is 89.4 cm³/mol. The molecule has 0 aliphatic carbocycles. The number of hydrogen-bond acceptors (Lipinski definition) is 2. The van der Waals surface area contributed by atoms with Gasteiger partial charge in [0.2, 0.25) is 5.91 Å². The van der Waals surface area contributed by atoms with E-state index in [4.69, 9.17) is 0 Å². The summed E-state index contributed by atoms with van der Waals surface area (Å²) in [5.74, 6) is 1.03. The summed E-state index contributed by atoms with van der Waals surface area (Å²) in [6, 6.07) is 6.73. The number of hydrogen-bond donors (Lipinski definition) is 0. The third-order valence-electron chi connectivity index (χ3n) is 5.22. The maximum absolute atomic E-state index is 13.0. The summed E-state index contributed by atoms with van der Waals surface area (Å²) in [6.07, 6.45) is 4.30. The van der Waals surface area contributed by atoms with Crippen LogP contribution in [0.3, 0.4) is 0 Å². The van der Waals surface area contributed by atoms with E-state index in [9.17, 15) is 9.18 Å². The van der Waals surface area contributed by atoms with Gasteiger partial charge in [0, 0.05) is 25.6 Å². The lowest BCUT2D eigenvalue weighted by Crippen LogP contribution is -2.45. The minimum absolute atomic E-state index is 0.186. The van der Waals surface area contributed by atoms with Crippen molar-refractivity contribution in [1.29, 1.82) is 0 Å². The van der Waals surface area contributed by atoms with E-state index < -0.39 is 0 Å². The first-order valence-corrected chi connectivity index (χ1v) is 8.87. The standard InChI is InChI=1S/C19H27FN2O/c1-15-3-2-10-22(13-15)19(23)17-8-11-21(12-9-17)14-16-4-6-18(20)7-5-16/h4-7,15,17H,2-3,8-14H2,1H3/t15-/m0/s1. The van der Waals surface area contributed by atoms with Crippen LogP contribution >= 0.6 is 0 Å². The highest BCUT2D eigenvalue weighted by atomic mass is 19.1. The Labute approximate surface area is 138 Å². The summed E-state index contributed by atoms with van der Waals surface area (Å²) < 4.78 is 13.0. The van der Waals surface area contributed by atoms with Gasteiger partial charge in [-0.2, -0.15) is 0 Å². The highest BCUT2D eigenvalue weighted by Crippen LogP contribution is 2.24. The highest BCUT2D eigenvalue weighted by Gasteiger charge is 2.30. The number of nitrogens with zero attached hydrogens (tertiary/aromatic N) is 2. The Balaban J connectivity index is 1.48. The van der Waals surface area contributed by atoms with Gasteiger partial charge in [-0.15, -0.1) is 0 Å². The van der Waals surface area contributed by atoms with E-state index in [1.807, 2.05) is 12.1 Å². The number of carbonyl (C=O) groups excluding carboxylic acids is 1. The first-order chi connectivity index (χ1) is 11.1. The molecule has 1 aromatic carbocycles. The largest absolute Gasteiger partial charge is 0.342 e. The monoisotopic (exact) mass is 318 g/mol. The molecule has 3 nitrogen and oxygen atoms in total. The molecule has 3 rings (SSSR count). The van der Waals surface area contributed by atoms with Crippen LogP contribution in [0.15, 0.2) is 24.3 Å². The van der Waals surface area contributed by atoms with Crippen LogP contribution in [0.2, 0.25) is 0 Å². The van der Waals surface area contributed by atoms with Gasteiger partial charge in [0.05, 0.1) is 0 Å². The Morgan fingerprint density at radius 3 is 2.48 bits per heavy atom. The van der Waals surface area contributed by atoms with Gasteiger partial charge in [0.15, 0.2) is 0 Å². The van der Waals surface area contributed by atoms with Crippen molar-refractivity contribution in [2.75, 3.05) is 26.2 Å². The fraction of sp³-hybridized carbons (Fsp3) is 0.632. The average molecular weight is 318 g/mol. The second-order valence-corrected chi connectivity index (χ2v) is 7.21. The Hall–Kier alpha value is -1.42. The molecule has 0 aromatic heterocycles. The molecule has 1 amide bonds. The highest BCUT2D eigenvalue weighted by molar-refractivity contribution is 5.79. The second-order valence-electron chi connectivity index (χ2n) is 7.21. The number of rotatable bonds is 3. The molecule has 0 saturated carbocycles. The predicted octanol–water partition coefficient (Wildman–Crippen LogP) is 3.30. The fourth-order valence-corrected chi connectivity index (χ4v) is 3.83. The Bertz CT molecular complexity index is 523. The quantitative estimate of drug-likeness (QED) is 0.854. The summed E-state index contributed by atoms with van der Waals surface area (Å²) in [5, 5.41) is 0. The van der Waals surface area contributed by atoms with Gasteiger partial charge in [-0.3, -0.25) is 9.69 Å². The SMILES string of the molecule is C[C@H]1CCCN(C(=O)C2CCN(Cc3ccc(F)cc3)CC2)C1. The topological polar surface area (TPSA) is 23.6 Å². The Morgan fingerprint density at radius 1 is 1.13 bits per heavy atom. The van der Waals surface area contributed by atoms with Crippen molar-refractivity contribution in [3.05, 3.63) is 35.6 Å². The molecule has 2 aliphatic heterocycles. The summed E-state index contributed by atoms with van der Waals surface area (Å²) in [4.78, 5) is 17.1. The molecule has 0 radical (unpaired) electrons. The Kier molecular flexibility index (Phi) is 5.31. The first-order valence-electron chi connectivity index (χ1n) is 8.87. The number of carbonyl (C=O) groups is 1. The number of amides is 1. The zero-order valence-electron chi connectivity index (χ0n) is 14.0. The molecular formula is C19H27FN2O. The zero-order valence-corrected chi connectivity index (χ0v) is 14.0. The van der Waals surface area contributed by atoms with Crippen LogP contribution in [0.25, 0.3) is 0 Å². The molecule has 2 heterocycles. The van der Waals surface area contributed by atoms with Gasteiger partial charge >= 0.3 is 0 Å². The fourth-order valence-electron chi connectivity index (χ4n) is 3.83. The van der Waals surface area contributed by atoms with Crippen LogP contribution in [0.4, 0.5) is 4.39 Å². The van der Waals surface area contributed by atoms with E-state index in [0.29, 0.717) is 11.8 Å². The first kappa shape index (κ1) is 16.4. The molecule has 0 unspecified atom stereocenters. The molecular weight excluding hydrogens is 291 g/mol. The maximum Gasteiger partial charge on any atom is 0.225 e. The number of piperidine rings is 2. The van der Waals surface area contributed by atoms with Crippen LogP contribution in [0.1, 0.15) is 38.2 Å². The van der Waals surface area contributed by atoms with Crippen molar-refractivity contribution < 1.29 is 9.18 Å². The van der Waals surface area contributed by atoms with Crippen LogP contribution in [0, 0.1) is 17.7 Å². The molecule has 1 aromatic rings. The van der Waals surface area contributed by atoms with Crippen molar-refractivity contribution in [3.63, 3.8) is 0 Å². The van der Waals surface area contributed by atoms with E-state index in [1.54, 1.807) is 0 Å². The smallest absolute Gasteiger partial charge is 0.225 e. The van der Waals surface area contributed by atoms with E-state index in [1.165, 1.54) is 18.6 Å². The molecule has 2 aliphatic rings. The lowest BCUT2D eigenvalue weighted by Gasteiger charge is -2.37. The van der Waals surface area contributed by atoms with Crippen molar-refractivity contribution in [3.8, 4) is 0 Å². The summed E-state index contributed by atoms with van der Waals surface area (Å²) >= 11 is 0. The van der Waals surface area contributed by atoms with Gasteiger partial charge in [-0.1, -0.05) is 19.1 Å². The van der Waals surface area contributed by atoms with E-state index in [0.717, 1.165) is 57.5 Å². The lowest BCUT2D eigenvalue weighted by atomic mass is 9.92. The number of likely N-dealkylation sites (tertiary alicyclic amines) is 2. The third-order valence-corrected chi connectivity index (χ3v) is 5.22. The molecule has 2 saturated heterocycles.